The average molecular weight is 234 g/mol. The van der Waals surface area contributed by atoms with Gasteiger partial charge in [-0.05, 0) is 17.5 Å². The summed E-state index contributed by atoms with van der Waals surface area (Å²) in [6.45, 7) is 4.27. The van der Waals surface area contributed by atoms with Gasteiger partial charge in [-0.1, -0.05) is 24.3 Å². The molecule has 0 spiro atoms. The molecule has 2 bridgehead atoms. The summed E-state index contributed by atoms with van der Waals surface area (Å²) in [7, 11) is 0. The second kappa shape index (κ2) is 4.40. The van der Waals surface area contributed by atoms with E-state index in [2.05, 4.69) is 40.9 Å². The van der Waals surface area contributed by atoms with E-state index in [0.717, 1.165) is 17.0 Å². The summed E-state index contributed by atoms with van der Waals surface area (Å²) in [4.78, 5) is 2.59. The Kier molecular flexibility index (Phi) is 2.92. The third-order valence-electron chi connectivity index (χ3n) is 3.57. The van der Waals surface area contributed by atoms with Gasteiger partial charge >= 0.3 is 0 Å². The van der Waals surface area contributed by atoms with Crippen LogP contribution in [0.4, 0.5) is 0 Å². The number of hydrogen-bond acceptors (Lipinski definition) is 3. The maximum Gasteiger partial charge on any atom is 0.0237 e. The molecule has 1 aromatic rings. The number of piperidine rings is 1. The van der Waals surface area contributed by atoms with Gasteiger partial charge in [-0.3, -0.25) is 4.90 Å². The van der Waals surface area contributed by atoms with Gasteiger partial charge in [0.2, 0.25) is 0 Å². The van der Waals surface area contributed by atoms with Crippen LogP contribution in [0.2, 0.25) is 0 Å². The van der Waals surface area contributed by atoms with Crippen LogP contribution in [0.3, 0.4) is 0 Å². The van der Waals surface area contributed by atoms with Crippen molar-refractivity contribution in [2.45, 2.75) is 30.0 Å². The molecule has 0 aromatic heterocycles. The molecular weight excluding hydrogens is 216 g/mol. The highest BCUT2D eigenvalue weighted by atomic mass is 32.2. The van der Waals surface area contributed by atoms with Gasteiger partial charge in [0, 0.05) is 36.7 Å². The van der Waals surface area contributed by atoms with Crippen LogP contribution < -0.4 is 5.73 Å². The van der Waals surface area contributed by atoms with Gasteiger partial charge in [0.15, 0.2) is 0 Å². The zero-order valence-corrected chi connectivity index (χ0v) is 10.2. The van der Waals surface area contributed by atoms with Gasteiger partial charge in [-0.15, -0.1) is 0 Å². The van der Waals surface area contributed by atoms with Gasteiger partial charge in [0.05, 0.1) is 0 Å². The normalized spacial score (nSPS) is 28.8. The van der Waals surface area contributed by atoms with E-state index in [1.165, 1.54) is 30.6 Å². The molecule has 4 rings (SSSR count). The number of thioether (sulfide) groups is 1. The summed E-state index contributed by atoms with van der Waals surface area (Å²) in [5, 5.41) is 1.81. The molecule has 3 aliphatic rings. The Balaban J connectivity index is 1.69. The van der Waals surface area contributed by atoms with Crippen LogP contribution >= 0.6 is 11.8 Å². The quantitative estimate of drug-likeness (QED) is 0.865. The van der Waals surface area contributed by atoms with Gasteiger partial charge < -0.3 is 5.73 Å². The van der Waals surface area contributed by atoms with Gasteiger partial charge in [-0.2, -0.15) is 11.8 Å². The molecule has 1 aromatic carbocycles. The van der Waals surface area contributed by atoms with E-state index < -0.39 is 0 Å². The number of hydrogen-bond donors (Lipinski definition) is 1. The van der Waals surface area contributed by atoms with E-state index in [9.17, 15) is 0 Å². The molecule has 2 unspecified atom stereocenters. The molecule has 0 aliphatic carbocycles. The van der Waals surface area contributed by atoms with Crippen LogP contribution in [-0.4, -0.2) is 28.5 Å². The van der Waals surface area contributed by atoms with Crippen molar-refractivity contribution in [3.8, 4) is 0 Å². The maximum absolute atomic E-state index is 5.77. The zero-order chi connectivity index (χ0) is 11.0. The lowest BCUT2D eigenvalue weighted by atomic mass is 10.0. The van der Waals surface area contributed by atoms with Gasteiger partial charge in [0.25, 0.3) is 0 Å². The minimum atomic E-state index is 0.658. The van der Waals surface area contributed by atoms with Crippen molar-refractivity contribution in [1.82, 2.24) is 4.90 Å². The number of nitrogens with two attached hydrogens (primary N) is 1. The average Bonchev–Trinajstić information content (AvgIpc) is 2.29. The molecule has 0 amide bonds. The minimum Gasteiger partial charge on any atom is -0.326 e. The fraction of sp³-hybridized carbons (Fsp3) is 0.538. The van der Waals surface area contributed by atoms with Crippen molar-refractivity contribution in [2.24, 2.45) is 5.73 Å². The smallest absolute Gasteiger partial charge is 0.0237 e. The van der Waals surface area contributed by atoms with Crippen molar-refractivity contribution in [3.63, 3.8) is 0 Å². The molecule has 16 heavy (non-hydrogen) atoms. The van der Waals surface area contributed by atoms with Crippen LogP contribution in [0.1, 0.15) is 17.5 Å². The highest BCUT2D eigenvalue weighted by Gasteiger charge is 2.37. The minimum absolute atomic E-state index is 0.658. The first kappa shape index (κ1) is 10.6. The first-order valence-electron chi connectivity index (χ1n) is 6.00. The van der Waals surface area contributed by atoms with Gasteiger partial charge in [-0.25, -0.2) is 0 Å². The molecule has 3 fully saturated rings. The van der Waals surface area contributed by atoms with Crippen molar-refractivity contribution in [1.29, 1.82) is 0 Å². The predicted molar refractivity (Wildman–Crippen MR) is 69.4 cm³/mol. The Bertz CT molecular complexity index is 364. The Hall–Kier alpha value is -0.510. The fourth-order valence-corrected chi connectivity index (χ4v) is 4.19. The molecule has 2 nitrogen and oxygen atoms in total. The largest absolute Gasteiger partial charge is 0.326 e. The van der Waals surface area contributed by atoms with E-state index in [-0.39, 0.29) is 0 Å². The molecule has 86 valence electrons. The fourth-order valence-electron chi connectivity index (χ4n) is 2.72. The van der Waals surface area contributed by atoms with Crippen LogP contribution in [0.5, 0.6) is 0 Å². The number of benzene rings is 1. The summed E-state index contributed by atoms with van der Waals surface area (Å²) < 4.78 is 0. The summed E-state index contributed by atoms with van der Waals surface area (Å²) in [5.74, 6) is 0. The van der Waals surface area contributed by atoms with E-state index in [0.29, 0.717) is 6.54 Å². The summed E-state index contributed by atoms with van der Waals surface area (Å²) in [6.07, 6.45) is 1.44. The number of rotatable bonds is 3. The number of nitrogens with zero attached hydrogens (tertiary/aromatic N) is 1. The van der Waals surface area contributed by atoms with E-state index in [1.54, 1.807) is 0 Å². The van der Waals surface area contributed by atoms with Gasteiger partial charge in [0.1, 0.15) is 0 Å². The van der Waals surface area contributed by atoms with Crippen LogP contribution in [0.15, 0.2) is 24.3 Å². The molecule has 3 heterocycles. The van der Waals surface area contributed by atoms with Crippen molar-refractivity contribution >= 4 is 11.8 Å². The standard InChI is InChI=1S/C13H18N2S/c14-6-10-3-1-2-4-11(10)7-15-8-12-5-13(9-15)16-12/h1-4,12-13H,5-9,14H2. The first-order chi connectivity index (χ1) is 7.85. The second-order valence-corrected chi connectivity index (χ2v) is 6.39. The Labute approximate surface area is 101 Å². The van der Waals surface area contributed by atoms with Crippen molar-refractivity contribution < 1.29 is 0 Å². The third kappa shape index (κ3) is 1.99. The Morgan fingerprint density at radius 3 is 2.44 bits per heavy atom. The Morgan fingerprint density at radius 2 is 1.81 bits per heavy atom. The second-order valence-electron chi connectivity index (χ2n) is 4.78. The SMILES string of the molecule is NCc1ccccc1CN1CC2CC(C1)S2. The summed E-state index contributed by atoms with van der Waals surface area (Å²) >= 11 is 2.17. The maximum atomic E-state index is 5.77. The molecule has 0 radical (unpaired) electrons. The highest BCUT2D eigenvalue weighted by Crippen LogP contribution is 2.41. The molecule has 2 atom stereocenters. The first-order valence-corrected chi connectivity index (χ1v) is 6.94. The molecule has 2 N–H and O–H groups in total. The lowest BCUT2D eigenvalue weighted by molar-refractivity contribution is 0.214. The van der Waals surface area contributed by atoms with Crippen LogP contribution in [-0.2, 0) is 13.1 Å². The van der Waals surface area contributed by atoms with Crippen molar-refractivity contribution in [3.05, 3.63) is 35.4 Å². The molecular formula is C13H18N2S. The lowest BCUT2D eigenvalue weighted by Crippen LogP contribution is -2.50. The van der Waals surface area contributed by atoms with E-state index in [4.69, 9.17) is 5.73 Å². The topological polar surface area (TPSA) is 29.3 Å². The summed E-state index contributed by atoms with van der Waals surface area (Å²) in [5.41, 5.74) is 8.48. The van der Waals surface area contributed by atoms with E-state index >= 15 is 0 Å². The number of fused-ring (bicyclic) bond motifs is 2. The van der Waals surface area contributed by atoms with Crippen LogP contribution in [0, 0.1) is 0 Å². The predicted octanol–water partition coefficient (Wildman–Crippen LogP) is 1.84. The van der Waals surface area contributed by atoms with Crippen LogP contribution in [0.25, 0.3) is 0 Å². The lowest BCUT2D eigenvalue weighted by Gasteiger charge is -2.46. The molecule has 3 heteroatoms. The summed E-state index contributed by atoms with van der Waals surface area (Å²) in [6, 6.07) is 8.56. The third-order valence-corrected chi connectivity index (χ3v) is 5.02. The Morgan fingerprint density at radius 1 is 1.19 bits per heavy atom. The zero-order valence-electron chi connectivity index (χ0n) is 9.43. The van der Waals surface area contributed by atoms with E-state index in [1.807, 2.05) is 0 Å². The molecule has 3 saturated heterocycles. The molecule has 3 aliphatic heterocycles. The molecule has 0 saturated carbocycles. The highest BCUT2D eigenvalue weighted by molar-refractivity contribution is 8.02. The monoisotopic (exact) mass is 234 g/mol. The van der Waals surface area contributed by atoms with Crippen molar-refractivity contribution in [2.75, 3.05) is 13.1 Å².